The molecule has 33 heavy (non-hydrogen) atoms. The van der Waals surface area contributed by atoms with Gasteiger partial charge in [0, 0.05) is 24.2 Å². The molecule has 1 heterocycles. The van der Waals surface area contributed by atoms with E-state index in [2.05, 4.69) is 15.5 Å². The van der Waals surface area contributed by atoms with Gasteiger partial charge in [0.15, 0.2) is 5.16 Å². The predicted molar refractivity (Wildman–Crippen MR) is 122 cm³/mol. The van der Waals surface area contributed by atoms with Crippen molar-refractivity contribution < 1.29 is 22.7 Å². The Kier molecular flexibility index (Phi) is 8.25. The Hall–Kier alpha value is -2.72. The number of aryl methyl sites for hydroxylation is 2. The Morgan fingerprint density at radius 2 is 2.00 bits per heavy atom. The van der Waals surface area contributed by atoms with Gasteiger partial charge in [0.25, 0.3) is 0 Å². The summed E-state index contributed by atoms with van der Waals surface area (Å²) < 4.78 is 46.0. The topological polar surface area (TPSA) is 69.0 Å². The highest BCUT2D eigenvalue weighted by atomic mass is 35.5. The lowest BCUT2D eigenvalue weighted by atomic mass is 10.2. The average molecular weight is 499 g/mol. The summed E-state index contributed by atoms with van der Waals surface area (Å²) in [6.07, 6.45) is -3.12. The van der Waals surface area contributed by atoms with Crippen molar-refractivity contribution in [2.75, 3.05) is 17.7 Å². The van der Waals surface area contributed by atoms with E-state index < -0.39 is 17.6 Å². The van der Waals surface area contributed by atoms with E-state index >= 15 is 0 Å². The number of alkyl halides is 3. The van der Waals surface area contributed by atoms with Crippen LogP contribution >= 0.6 is 23.4 Å². The molecule has 176 valence electrons. The van der Waals surface area contributed by atoms with Gasteiger partial charge in [-0.1, -0.05) is 29.4 Å². The van der Waals surface area contributed by atoms with Crippen LogP contribution in [0.2, 0.25) is 5.02 Å². The maximum atomic E-state index is 12.8. The van der Waals surface area contributed by atoms with E-state index in [1.807, 2.05) is 19.1 Å². The van der Waals surface area contributed by atoms with Gasteiger partial charge in [-0.05, 0) is 55.3 Å². The molecule has 0 aliphatic carbocycles. The Morgan fingerprint density at radius 1 is 1.21 bits per heavy atom. The minimum atomic E-state index is -4.47. The highest BCUT2D eigenvalue weighted by Crippen LogP contribution is 2.30. The number of carbonyl (C=O) groups excluding carboxylic acids is 1. The number of anilines is 1. The molecule has 0 bridgehead atoms. The number of rotatable bonds is 9. The van der Waals surface area contributed by atoms with Crippen molar-refractivity contribution in [2.24, 2.45) is 7.05 Å². The number of hydrogen-bond donors (Lipinski definition) is 1. The van der Waals surface area contributed by atoms with Crippen LogP contribution in [0.1, 0.15) is 23.4 Å². The van der Waals surface area contributed by atoms with Gasteiger partial charge in [-0.3, -0.25) is 4.79 Å². The first-order valence-corrected chi connectivity index (χ1v) is 11.4. The number of aromatic nitrogens is 3. The van der Waals surface area contributed by atoms with Gasteiger partial charge in [-0.2, -0.15) is 13.2 Å². The van der Waals surface area contributed by atoms with Gasteiger partial charge in [-0.15, -0.1) is 10.2 Å². The molecule has 0 spiro atoms. The number of nitrogens with one attached hydrogen (secondary N) is 1. The van der Waals surface area contributed by atoms with Crippen LogP contribution in [0.15, 0.2) is 47.6 Å². The fourth-order valence-corrected chi connectivity index (χ4v) is 3.93. The van der Waals surface area contributed by atoms with E-state index in [0.717, 1.165) is 47.5 Å². The van der Waals surface area contributed by atoms with Crippen molar-refractivity contribution in [1.29, 1.82) is 0 Å². The molecular weight excluding hydrogens is 477 g/mol. The van der Waals surface area contributed by atoms with Crippen LogP contribution in [0.4, 0.5) is 18.9 Å². The van der Waals surface area contributed by atoms with E-state index in [-0.39, 0.29) is 11.4 Å². The van der Waals surface area contributed by atoms with Crippen molar-refractivity contribution in [3.05, 3.63) is 64.4 Å². The third-order valence-corrected chi connectivity index (χ3v) is 5.93. The second kappa shape index (κ2) is 10.9. The van der Waals surface area contributed by atoms with E-state index in [4.69, 9.17) is 16.3 Å². The van der Waals surface area contributed by atoms with Gasteiger partial charge >= 0.3 is 6.18 Å². The highest BCUT2D eigenvalue weighted by Gasteiger charge is 2.30. The van der Waals surface area contributed by atoms with Gasteiger partial charge in [0.1, 0.15) is 11.6 Å². The second-order valence-electron chi connectivity index (χ2n) is 7.24. The number of benzene rings is 2. The zero-order chi connectivity index (χ0) is 24.0. The summed E-state index contributed by atoms with van der Waals surface area (Å²) >= 11 is 7.10. The summed E-state index contributed by atoms with van der Waals surface area (Å²) in [6.45, 7) is 2.42. The largest absolute Gasteiger partial charge is 0.493 e. The number of carbonyl (C=O) groups is 1. The van der Waals surface area contributed by atoms with Crippen molar-refractivity contribution >= 4 is 35.0 Å². The van der Waals surface area contributed by atoms with Crippen LogP contribution in [-0.2, 0) is 24.4 Å². The fourth-order valence-electron chi connectivity index (χ4n) is 2.98. The van der Waals surface area contributed by atoms with E-state index in [1.165, 1.54) is 12.1 Å². The molecule has 0 aliphatic heterocycles. The van der Waals surface area contributed by atoms with Crippen LogP contribution in [0, 0.1) is 6.92 Å². The quantitative estimate of drug-likeness (QED) is 0.310. The summed E-state index contributed by atoms with van der Waals surface area (Å²) in [4.78, 5) is 12.2. The first-order chi connectivity index (χ1) is 15.6. The Labute approximate surface area is 198 Å². The zero-order valence-corrected chi connectivity index (χ0v) is 19.5. The first kappa shape index (κ1) is 24.9. The molecule has 11 heteroatoms. The predicted octanol–water partition coefficient (Wildman–Crippen LogP) is 5.54. The molecule has 0 saturated heterocycles. The molecule has 2 aromatic carbocycles. The van der Waals surface area contributed by atoms with Crippen LogP contribution in [0.25, 0.3) is 0 Å². The molecule has 1 N–H and O–H groups in total. The molecule has 6 nitrogen and oxygen atoms in total. The summed E-state index contributed by atoms with van der Waals surface area (Å²) in [7, 11) is 1.80. The monoisotopic (exact) mass is 498 g/mol. The van der Waals surface area contributed by atoms with Crippen LogP contribution < -0.4 is 10.1 Å². The summed E-state index contributed by atoms with van der Waals surface area (Å²) in [5.41, 5.74) is 0.231. The molecule has 0 saturated carbocycles. The maximum Gasteiger partial charge on any atom is 0.416 e. The number of hydrogen-bond acceptors (Lipinski definition) is 5. The number of amides is 1. The van der Waals surface area contributed by atoms with Gasteiger partial charge < -0.3 is 14.6 Å². The maximum absolute atomic E-state index is 12.8. The molecule has 0 aliphatic rings. The summed E-state index contributed by atoms with van der Waals surface area (Å²) in [5.74, 6) is 1.07. The molecule has 0 atom stereocenters. The SMILES string of the molecule is Cc1cc(Cl)ccc1OCCCc1nnc(SCC(=O)Nc2cccc(C(F)(F)F)c2)n1C. The number of halogens is 4. The number of ether oxygens (including phenoxy) is 1. The van der Waals surface area contributed by atoms with Gasteiger partial charge in [0.05, 0.1) is 17.9 Å². The average Bonchev–Trinajstić information content (AvgIpc) is 3.10. The molecule has 0 radical (unpaired) electrons. The lowest BCUT2D eigenvalue weighted by Crippen LogP contribution is -2.15. The van der Waals surface area contributed by atoms with Crippen molar-refractivity contribution in [3.63, 3.8) is 0 Å². The minimum Gasteiger partial charge on any atom is -0.493 e. The molecule has 3 aromatic rings. The molecule has 3 rings (SSSR count). The lowest BCUT2D eigenvalue weighted by molar-refractivity contribution is -0.137. The standard InChI is InChI=1S/C22H22ClF3N4O2S/c1-14-11-16(23)8-9-18(14)32-10-4-7-19-28-29-21(30(19)2)33-13-20(31)27-17-6-3-5-15(12-17)22(24,25)26/h3,5-6,8-9,11-12H,4,7,10,13H2,1-2H3,(H,27,31). The smallest absolute Gasteiger partial charge is 0.416 e. The van der Waals surface area contributed by atoms with E-state index in [9.17, 15) is 18.0 Å². The van der Waals surface area contributed by atoms with Crippen molar-refractivity contribution in [1.82, 2.24) is 14.8 Å². The third-order valence-electron chi connectivity index (χ3n) is 4.67. The minimum absolute atomic E-state index is 0.0127. The Bertz CT molecular complexity index is 1120. The normalized spacial score (nSPS) is 11.5. The molecule has 1 amide bonds. The van der Waals surface area contributed by atoms with Gasteiger partial charge in [0.2, 0.25) is 5.91 Å². The first-order valence-electron chi connectivity index (χ1n) is 10.0. The van der Waals surface area contributed by atoms with Crippen LogP contribution in [-0.4, -0.2) is 33.0 Å². The Balaban J connectivity index is 1.46. The highest BCUT2D eigenvalue weighted by molar-refractivity contribution is 7.99. The van der Waals surface area contributed by atoms with E-state index in [1.54, 1.807) is 17.7 Å². The van der Waals surface area contributed by atoms with Crippen LogP contribution in [0.3, 0.4) is 0 Å². The third kappa shape index (κ3) is 7.13. The molecular formula is C22H22ClF3N4O2S. The van der Waals surface area contributed by atoms with Crippen molar-refractivity contribution in [3.8, 4) is 5.75 Å². The zero-order valence-electron chi connectivity index (χ0n) is 17.9. The van der Waals surface area contributed by atoms with E-state index in [0.29, 0.717) is 23.2 Å². The fraction of sp³-hybridized carbons (Fsp3) is 0.318. The lowest BCUT2D eigenvalue weighted by Gasteiger charge is -2.10. The second-order valence-corrected chi connectivity index (χ2v) is 8.61. The van der Waals surface area contributed by atoms with Gasteiger partial charge in [-0.25, -0.2) is 0 Å². The van der Waals surface area contributed by atoms with Crippen molar-refractivity contribution in [2.45, 2.75) is 31.1 Å². The molecule has 0 unspecified atom stereocenters. The molecule has 1 aromatic heterocycles. The summed E-state index contributed by atoms with van der Waals surface area (Å²) in [6, 6.07) is 9.96. The summed E-state index contributed by atoms with van der Waals surface area (Å²) in [5, 5.41) is 11.9. The number of nitrogens with zero attached hydrogens (tertiary/aromatic N) is 3. The Morgan fingerprint density at radius 3 is 2.73 bits per heavy atom. The number of thioether (sulfide) groups is 1. The van der Waals surface area contributed by atoms with Crippen LogP contribution in [0.5, 0.6) is 5.75 Å². The molecule has 0 fully saturated rings.